The second kappa shape index (κ2) is 7.89. The Labute approximate surface area is 176 Å². The molecular formula is C23H27N5O2. The topological polar surface area (TPSA) is 71.5 Å². The molecule has 1 fully saturated rings. The third-order valence-corrected chi connectivity index (χ3v) is 5.16. The van der Waals surface area contributed by atoms with E-state index in [-0.39, 0.29) is 12.1 Å². The number of anilines is 1. The molecule has 7 heteroatoms. The zero-order valence-corrected chi connectivity index (χ0v) is 17.9. The molecule has 1 amide bonds. The van der Waals surface area contributed by atoms with Crippen molar-refractivity contribution in [2.45, 2.75) is 39.3 Å². The van der Waals surface area contributed by atoms with E-state index in [1.54, 1.807) is 11.1 Å². The maximum atomic E-state index is 12.5. The number of rotatable bonds is 2. The van der Waals surface area contributed by atoms with Crippen molar-refractivity contribution in [3.63, 3.8) is 0 Å². The van der Waals surface area contributed by atoms with E-state index in [0.29, 0.717) is 19.6 Å². The average Bonchev–Trinajstić information content (AvgIpc) is 2.72. The van der Waals surface area contributed by atoms with Crippen molar-refractivity contribution < 1.29 is 9.53 Å². The van der Waals surface area contributed by atoms with Crippen molar-refractivity contribution in [3.8, 4) is 11.3 Å². The van der Waals surface area contributed by atoms with Crippen molar-refractivity contribution in [1.29, 1.82) is 0 Å². The fraction of sp³-hybridized carbons (Fsp3) is 0.391. The van der Waals surface area contributed by atoms with Gasteiger partial charge in [-0.25, -0.2) is 4.79 Å². The highest BCUT2D eigenvalue weighted by Crippen LogP contribution is 2.32. The van der Waals surface area contributed by atoms with Gasteiger partial charge < -0.3 is 14.5 Å². The van der Waals surface area contributed by atoms with Crippen LogP contribution in [0.4, 0.5) is 10.6 Å². The van der Waals surface area contributed by atoms with Crippen LogP contribution in [0.1, 0.15) is 27.7 Å². The van der Waals surface area contributed by atoms with Crippen LogP contribution in [-0.4, -0.2) is 57.5 Å². The Kier molecular flexibility index (Phi) is 5.28. The Hall–Kier alpha value is -3.22. The van der Waals surface area contributed by atoms with Gasteiger partial charge in [0.05, 0.1) is 0 Å². The number of ether oxygens (including phenoxy) is 1. The minimum atomic E-state index is -0.502. The second-order valence-electron chi connectivity index (χ2n) is 8.63. The maximum absolute atomic E-state index is 12.5. The lowest BCUT2D eigenvalue weighted by Gasteiger charge is -2.40. The van der Waals surface area contributed by atoms with Gasteiger partial charge in [-0.15, -0.1) is 10.2 Å². The summed E-state index contributed by atoms with van der Waals surface area (Å²) in [6, 6.07) is 12.1. The highest BCUT2D eigenvalue weighted by molar-refractivity contribution is 5.99. The zero-order chi connectivity index (χ0) is 21.3. The Morgan fingerprint density at radius 1 is 1.07 bits per heavy atom. The van der Waals surface area contributed by atoms with Gasteiger partial charge in [0.25, 0.3) is 0 Å². The molecule has 0 bridgehead atoms. The summed E-state index contributed by atoms with van der Waals surface area (Å²) in [5.74, 6) is 0.800. The zero-order valence-electron chi connectivity index (χ0n) is 17.9. The Balaban J connectivity index is 1.63. The molecule has 1 aliphatic heterocycles. The molecule has 4 rings (SSSR count). The van der Waals surface area contributed by atoms with E-state index < -0.39 is 5.60 Å². The Morgan fingerprint density at radius 3 is 2.53 bits per heavy atom. The normalized spacial score (nSPS) is 17.3. The van der Waals surface area contributed by atoms with Crippen LogP contribution < -0.4 is 4.90 Å². The van der Waals surface area contributed by atoms with E-state index in [4.69, 9.17) is 4.74 Å². The lowest BCUT2D eigenvalue weighted by atomic mass is 10.1. The van der Waals surface area contributed by atoms with E-state index in [2.05, 4.69) is 27.0 Å². The third kappa shape index (κ3) is 4.06. The van der Waals surface area contributed by atoms with Gasteiger partial charge in [0, 0.05) is 54.4 Å². The fourth-order valence-corrected chi connectivity index (χ4v) is 3.77. The number of carbonyl (C=O) groups excluding carboxylic acids is 1. The number of hydrogen-bond donors (Lipinski definition) is 0. The first-order valence-electron chi connectivity index (χ1n) is 10.2. The van der Waals surface area contributed by atoms with Crippen molar-refractivity contribution in [2.75, 3.05) is 24.5 Å². The predicted octanol–water partition coefficient (Wildman–Crippen LogP) is 4.14. The summed E-state index contributed by atoms with van der Waals surface area (Å²) >= 11 is 0. The molecule has 3 heterocycles. The summed E-state index contributed by atoms with van der Waals surface area (Å²) in [7, 11) is 0. The van der Waals surface area contributed by atoms with Crippen LogP contribution in [0.5, 0.6) is 0 Å². The van der Waals surface area contributed by atoms with Crippen molar-refractivity contribution in [1.82, 2.24) is 20.1 Å². The average molecular weight is 406 g/mol. The molecule has 3 aromatic rings. The van der Waals surface area contributed by atoms with Crippen LogP contribution >= 0.6 is 0 Å². The first-order valence-corrected chi connectivity index (χ1v) is 10.2. The largest absolute Gasteiger partial charge is 0.444 e. The van der Waals surface area contributed by atoms with E-state index in [1.807, 2.05) is 63.4 Å². The summed E-state index contributed by atoms with van der Waals surface area (Å²) in [5, 5.41) is 11.1. The van der Waals surface area contributed by atoms with E-state index in [1.165, 1.54) is 0 Å². The molecule has 0 N–H and O–H groups in total. The van der Waals surface area contributed by atoms with Gasteiger partial charge in [0.2, 0.25) is 0 Å². The lowest BCUT2D eigenvalue weighted by Crippen LogP contribution is -2.55. The smallest absolute Gasteiger partial charge is 0.410 e. The monoisotopic (exact) mass is 405 g/mol. The predicted molar refractivity (Wildman–Crippen MR) is 117 cm³/mol. The molecule has 156 valence electrons. The van der Waals surface area contributed by atoms with E-state index in [0.717, 1.165) is 27.8 Å². The molecule has 0 radical (unpaired) electrons. The summed E-state index contributed by atoms with van der Waals surface area (Å²) in [6.07, 6.45) is 3.36. The van der Waals surface area contributed by atoms with Crippen LogP contribution in [-0.2, 0) is 4.74 Å². The number of amides is 1. The van der Waals surface area contributed by atoms with Gasteiger partial charge >= 0.3 is 6.09 Å². The van der Waals surface area contributed by atoms with Gasteiger partial charge in [-0.2, -0.15) is 0 Å². The van der Waals surface area contributed by atoms with Crippen LogP contribution in [0, 0.1) is 0 Å². The molecule has 30 heavy (non-hydrogen) atoms. The summed E-state index contributed by atoms with van der Waals surface area (Å²) < 4.78 is 5.53. The number of carbonyl (C=O) groups is 1. The number of nitrogens with zero attached hydrogens (tertiary/aromatic N) is 5. The quantitative estimate of drug-likeness (QED) is 0.638. The van der Waals surface area contributed by atoms with Crippen LogP contribution in [0.2, 0.25) is 0 Å². The lowest BCUT2D eigenvalue weighted by molar-refractivity contribution is 0.0218. The highest BCUT2D eigenvalue weighted by atomic mass is 16.6. The number of aromatic nitrogens is 3. The summed E-state index contributed by atoms with van der Waals surface area (Å²) in [4.78, 5) is 20.8. The molecular weight excluding hydrogens is 378 g/mol. The van der Waals surface area contributed by atoms with Gasteiger partial charge in [0.1, 0.15) is 11.3 Å². The molecule has 0 unspecified atom stereocenters. The van der Waals surface area contributed by atoms with E-state index >= 15 is 0 Å². The van der Waals surface area contributed by atoms with Crippen LogP contribution in [0.15, 0.2) is 48.8 Å². The first-order chi connectivity index (χ1) is 14.3. The third-order valence-electron chi connectivity index (χ3n) is 5.16. The number of benzene rings is 1. The Bertz CT molecular complexity index is 1050. The van der Waals surface area contributed by atoms with Gasteiger partial charge in [-0.3, -0.25) is 4.98 Å². The minimum Gasteiger partial charge on any atom is -0.444 e. The van der Waals surface area contributed by atoms with Crippen LogP contribution in [0.3, 0.4) is 0 Å². The first kappa shape index (κ1) is 20.1. The summed E-state index contributed by atoms with van der Waals surface area (Å²) in [5.41, 5.74) is 1.37. The molecule has 0 saturated carbocycles. The van der Waals surface area contributed by atoms with Crippen LogP contribution in [0.25, 0.3) is 22.0 Å². The minimum absolute atomic E-state index is 0.0755. The maximum Gasteiger partial charge on any atom is 0.410 e. The number of hydrogen-bond acceptors (Lipinski definition) is 6. The molecule has 1 saturated heterocycles. The van der Waals surface area contributed by atoms with Gasteiger partial charge in [-0.1, -0.05) is 30.3 Å². The van der Waals surface area contributed by atoms with Crippen molar-refractivity contribution in [2.24, 2.45) is 0 Å². The molecule has 1 atom stereocenters. The number of fused-ring (bicyclic) bond motifs is 1. The standard InChI is InChI=1S/C23H27N5O2/c1-16-15-27(22(29)30-23(2,3)4)12-13-28(16)21-19-14-24-11-10-18(19)20(25-26-21)17-8-6-5-7-9-17/h5-11,14,16H,12-13,15H2,1-4H3/t16-/m0/s1. The van der Waals surface area contributed by atoms with Crippen molar-refractivity contribution in [3.05, 3.63) is 48.8 Å². The molecule has 1 aromatic carbocycles. The fourth-order valence-electron chi connectivity index (χ4n) is 3.77. The number of piperazine rings is 1. The SMILES string of the molecule is C[C@H]1CN(C(=O)OC(C)(C)C)CCN1c1nnc(-c2ccccc2)c2ccncc12. The number of pyridine rings is 1. The summed E-state index contributed by atoms with van der Waals surface area (Å²) in [6.45, 7) is 9.53. The Morgan fingerprint density at radius 2 is 1.83 bits per heavy atom. The molecule has 0 spiro atoms. The molecule has 7 nitrogen and oxygen atoms in total. The molecule has 0 aliphatic carbocycles. The highest BCUT2D eigenvalue weighted by Gasteiger charge is 2.31. The van der Waals surface area contributed by atoms with Gasteiger partial charge in [0.15, 0.2) is 5.82 Å². The molecule has 2 aromatic heterocycles. The van der Waals surface area contributed by atoms with Gasteiger partial charge in [-0.05, 0) is 33.8 Å². The second-order valence-corrected chi connectivity index (χ2v) is 8.63. The molecule has 1 aliphatic rings. The van der Waals surface area contributed by atoms with E-state index in [9.17, 15) is 4.79 Å². The van der Waals surface area contributed by atoms with Crippen molar-refractivity contribution >= 4 is 22.7 Å².